The minimum atomic E-state index is -2.14. The lowest BCUT2D eigenvalue weighted by molar-refractivity contribution is -0.142. The van der Waals surface area contributed by atoms with Crippen molar-refractivity contribution in [3.8, 4) is 0 Å². The summed E-state index contributed by atoms with van der Waals surface area (Å²) in [5, 5.41) is 3.63. The minimum absolute atomic E-state index is 0.250. The van der Waals surface area contributed by atoms with Crippen molar-refractivity contribution in [2.75, 3.05) is 0 Å². The summed E-state index contributed by atoms with van der Waals surface area (Å²) in [4.78, 5) is 11.8. The fourth-order valence-corrected chi connectivity index (χ4v) is 7.77. The molecule has 3 rings (SSSR count). The number of carbonyl (C=O) groups is 1. The standard InChI is InChI=1S/C22H22O2P/c1-18(23)24-19(2)25(20-12-6-3-7-13-20,21-14-8-4-9-15-21)22-16-10-5-11-17-22/h3-17,19H,1-2H3/q+1. The molecule has 0 radical (unpaired) electrons. The van der Waals surface area contributed by atoms with Crippen molar-refractivity contribution in [3.63, 3.8) is 0 Å². The SMILES string of the molecule is CC(=O)OC(C)[P+](c1ccccc1)(c1ccccc1)c1ccccc1. The molecule has 0 bridgehead atoms. The van der Waals surface area contributed by atoms with Crippen molar-refractivity contribution < 1.29 is 9.53 Å². The van der Waals surface area contributed by atoms with Gasteiger partial charge in [-0.2, -0.15) is 0 Å². The molecule has 2 nitrogen and oxygen atoms in total. The molecular weight excluding hydrogens is 327 g/mol. The summed E-state index contributed by atoms with van der Waals surface area (Å²) in [6.45, 7) is 3.49. The van der Waals surface area contributed by atoms with Gasteiger partial charge in [0.2, 0.25) is 5.85 Å². The zero-order chi connectivity index (χ0) is 17.7. The molecule has 0 fully saturated rings. The van der Waals surface area contributed by atoms with Crippen LogP contribution in [0.3, 0.4) is 0 Å². The maximum Gasteiger partial charge on any atom is 0.305 e. The van der Waals surface area contributed by atoms with Gasteiger partial charge in [-0.25, -0.2) is 0 Å². The average Bonchev–Trinajstić information content (AvgIpc) is 2.64. The van der Waals surface area contributed by atoms with Crippen LogP contribution in [-0.4, -0.2) is 11.8 Å². The summed E-state index contributed by atoms with van der Waals surface area (Å²) in [5.41, 5.74) is 0. The molecule has 1 atom stereocenters. The maximum atomic E-state index is 11.8. The van der Waals surface area contributed by atoms with E-state index in [1.54, 1.807) is 0 Å². The first-order valence-electron chi connectivity index (χ1n) is 8.38. The highest BCUT2D eigenvalue weighted by Gasteiger charge is 2.52. The quantitative estimate of drug-likeness (QED) is 0.516. The van der Waals surface area contributed by atoms with E-state index in [9.17, 15) is 4.79 Å². The molecular formula is C22H22O2P+. The molecule has 0 amide bonds. The van der Waals surface area contributed by atoms with Crippen LogP contribution in [0.25, 0.3) is 0 Å². The third-order valence-corrected chi connectivity index (χ3v) is 8.91. The van der Waals surface area contributed by atoms with Gasteiger partial charge in [0, 0.05) is 13.8 Å². The van der Waals surface area contributed by atoms with Gasteiger partial charge in [0.25, 0.3) is 0 Å². The predicted octanol–water partition coefficient (Wildman–Crippen LogP) is 3.89. The Balaban J connectivity index is 2.33. The second-order valence-electron chi connectivity index (χ2n) is 5.94. The lowest BCUT2D eigenvalue weighted by atomic mass is 10.4. The van der Waals surface area contributed by atoms with Gasteiger partial charge in [0.15, 0.2) is 7.26 Å². The first-order valence-corrected chi connectivity index (χ1v) is 10.2. The minimum Gasteiger partial charge on any atom is -0.427 e. The normalized spacial score (nSPS) is 12.4. The number of benzene rings is 3. The number of hydrogen-bond donors (Lipinski definition) is 0. The molecule has 3 aromatic rings. The summed E-state index contributed by atoms with van der Waals surface area (Å²) in [6, 6.07) is 31.2. The summed E-state index contributed by atoms with van der Waals surface area (Å²) in [7, 11) is -2.14. The molecule has 3 heteroatoms. The molecule has 0 saturated carbocycles. The summed E-state index contributed by atoms with van der Waals surface area (Å²) in [6.07, 6.45) is 0. The molecule has 0 heterocycles. The van der Waals surface area contributed by atoms with Gasteiger partial charge >= 0.3 is 5.97 Å². The van der Waals surface area contributed by atoms with Crippen molar-refractivity contribution in [2.24, 2.45) is 0 Å². The van der Waals surface area contributed by atoms with Crippen molar-refractivity contribution in [3.05, 3.63) is 91.0 Å². The van der Waals surface area contributed by atoms with Crippen molar-refractivity contribution >= 4 is 29.1 Å². The Morgan fingerprint density at radius 2 is 1.04 bits per heavy atom. The molecule has 0 aliphatic heterocycles. The predicted molar refractivity (Wildman–Crippen MR) is 106 cm³/mol. The van der Waals surface area contributed by atoms with E-state index in [-0.39, 0.29) is 11.8 Å². The van der Waals surface area contributed by atoms with Crippen LogP contribution in [0.5, 0.6) is 0 Å². The third-order valence-electron chi connectivity index (χ3n) is 4.37. The number of ether oxygens (including phenoxy) is 1. The lowest BCUT2D eigenvalue weighted by Gasteiger charge is -2.31. The summed E-state index contributed by atoms with van der Waals surface area (Å²) < 4.78 is 5.79. The fraction of sp³-hybridized carbons (Fsp3) is 0.136. The lowest BCUT2D eigenvalue weighted by Crippen LogP contribution is -2.39. The van der Waals surface area contributed by atoms with E-state index in [4.69, 9.17) is 4.74 Å². The Kier molecular flexibility index (Phi) is 5.31. The molecule has 25 heavy (non-hydrogen) atoms. The summed E-state index contributed by atoms with van der Waals surface area (Å²) in [5.74, 6) is -0.503. The van der Waals surface area contributed by atoms with Gasteiger partial charge in [-0.1, -0.05) is 54.6 Å². The number of esters is 1. The van der Waals surface area contributed by atoms with E-state index in [2.05, 4.69) is 72.8 Å². The Labute approximate surface area is 149 Å². The topological polar surface area (TPSA) is 26.3 Å². The van der Waals surface area contributed by atoms with Crippen LogP contribution in [0, 0.1) is 0 Å². The molecule has 0 N–H and O–H groups in total. The first-order chi connectivity index (χ1) is 12.2. The second kappa shape index (κ2) is 7.63. The highest BCUT2D eigenvalue weighted by molar-refractivity contribution is 7.96. The Morgan fingerprint density at radius 3 is 1.32 bits per heavy atom. The Hall–Kier alpha value is -2.44. The zero-order valence-corrected chi connectivity index (χ0v) is 15.4. The molecule has 126 valence electrons. The number of carbonyl (C=O) groups excluding carboxylic acids is 1. The van der Waals surface area contributed by atoms with Gasteiger partial charge in [-0.05, 0) is 36.4 Å². The van der Waals surface area contributed by atoms with E-state index >= 15 is 0 Å². The van der Waals surface area contributed by atoms with Gasteiger partial charge in [-0.15, -0.1) is 0 Å². The van der Waals surface area contributed by atoms with Gasteiger partial charge in [0.05, 0.1) is 0 Å². The molecule has 0 aliphatic rings. The van der Waals surface area contributed by atoms with Crippen LogP contribution >= 0.6 is 7.26 Å². The molecule has 0 spiro atoms. The van der Waals surface area contributed by atoms with Crippen molar-refractivity contribution in [1.82, 2.24) is 0 Å². The smallest absolute Gasteiger partial charge is 0.305 e. The molecule has 1 unspecified atom stereocenters. The number of rotatable bonds is 5. The van der Waals surface area contributed by atoms with Crippen LogP contribution in [-0.2, 0) is 9.53 Å². The second-order valence-corrected chi connectivity index (χ2v) is 9.66. The first kappa shape index (κ1) is 17.4. The summed E-state index contributed by atoms with van der Waals surface area (Å²) >= 11 is 0. The van der Waals surface area contributed by atoms with Gasteiger partial charge in [0.1, 0.15) is 15.9 Å². The molecule has 0 aromatic heterocycles. The van der Waals surface area contributed by atoms with Crippen LogP contribution < -0.4 is 15.9 Å². The largest absolute Gasteiger partial charge is 0.427 e. The fourth-order valence-electron chi connectivity index (χ4n) is 3.39. The van der Waals surface area contributed by atoms with Crippen LogP contribution in [0.4, 0.5) is 0 Å². The van der Waals surface area contributed by atoms with Gasteiger partial charge < -0.3 is 4.74 Å². The van der Waals surface area contributed by atoms with E-state index in [1.165, 1.54) is 22.8 Å². The highest BCUT2D eigenvalue weighted by Crippen LogP contribution is 2.59. The van der Waals surface area contributed by atoms with Crippen LogP contribution in [0.1, 0.15) is 13.8 Å². The Morgan fingerprint density at radius 1 is 0.720 bits per heavy atom. The van der Waals surface area contributed by atoms with Crippen molar-refractivity contribution in [1.29, 1.82) is 0 Å². The van der Waals surface area contributed by atoms with Crippen molar-refractivity contribution in [2.45, 2.75) is 19.7 Å². The number of hydrogen-bond acceptors (Lipinski definition) is 2. The third kappa shape index (κ3) is 3.36. The van der Waals surface area contributed by atoms with E-state index in [0.29, 0.717) is 0 Å². The highest BCUT2D eigenvalue weighted by atomic mass is 31.2. The van der Waals surface area contributed by atoms with Crippen LogP contribution in [0.15, 0.2) is 91.0 Å². The molecule has 0 aliphatic carbocycles. The van der Waals surface area contributed by atoms with Gasteiger partial charge in [-0.3, -0.25) is 4.79 Å². The van der Waals surface area contributed by atoms with Crippen LogP contribution in [0.2, 0.25) is 0 Å². The monoisotopic (exact) mass is 349 g/mol. The average molecular weight is 349 g/mol. The van der Waals surface area contributed by atoms with E-state index < -0.39 is 7.26 Å². The zero-order valence-electron chi connectivity index (χ0n) is 14.5. The maximum absolute atomic E-state index is 11.8. The van der Waals surface area contributed by atoms with E-state index in [0.717, 1.165) is 0 Å². The Bertz CT molecular complexity index is 720. The molecule has 0 saturated heterocycles. The molecule has 3 aromatic carbocycles. The van der Waals surface area contributed by atoms with E-state index in [1.807, 2.05) is 25.1 Å².